The van der Waals surface area contributed by atoms with Crippen LogP contribution in [-0.4, -0.2) is 26.8 Å². The summed E-state index contributed by atoms with van der Waals surface area (Å²) in [5, 5.41) is 2.98. The molecule has 4 aromatic rings. The van der Waals surface area contributed by atoms with Crippen LogP contribution in [-0.2, 0) is 17.8 Å². The van der Waals surface area contributed by atoms with Crippen LogP contribution in [0.1, 0.15) is 41.9 Å². The first-order valence-electron chi connectivity index (χ1n) is 11.4. The predicted octanol–water partition coefficient (Wildman–Crippen LogP) is 5.08. The van der Waals surface area contributed by atoms with E-state index in [-0.39, 0.29) is 24.1 Å². The molecule has 0 radical (unpaired) electrons. The molecule has 36 heavy (non-hydrogen) atoms. The highest BCUT2D eigenvalue weighted by atomic mass is 19.4. The van der Waals surface area contributed by atoms with Gasteiger partial charge < -0.3 is 20.4 Å². The predicted molar refractivity (Wildman–Crippen MR) is 130 cm³/mol. The Bertz CT molecular complexity index is 1350. The molecule has 0 aliphatic carbocycles. The summed E-state index contributed by atoms with van der Waals surface area (Å²) in [7, 11) is 0. The SMILES string of the molecule is Cc1cnc2c(c1)nc(CCC(=O)NC(C)c1ccc(N)cc1)n2Cc1ccc(OC(F)(F)F)cc1. The van der Waals surface area contributed by atoms with E-state index in [4.69, 9.17) is 5.73 Å². The van der Waals surface area contributed by atoms with Crippen molar-refractivity contribution in [3.8, 4) is 5.75 Å². The van der Waals surface area contributed by atoms with E-state index in [0.717, 1.165) is 16.7 Å². The zero-order valence-corrected chi connectivity index (χ0v) is 19.8. The molecule has 0 aliphatic heterocycles. The molecule has 0 spiro atoms. The average molecular weight is 498 g/mol. The molecular formula is C26H26F3N5O2. The van der Waals surface area contributed by atoms with Gasteiger partial charge in [-0.1, -0.05) is 24.3 Å². The number of rotatable bonds is 8. The van der Waals surface area contributed by atoms with Crippen LogP contribution in [0.15, 0.2) is 60.8 Å². The van der Waals surface area contributed by atoms with E-state index < -0.39 is 6.36 Å². The fourth-order valence-corrected chi connectivity index (χ4v) is 3.90. The van der Waals surface area contributed by atoms with Crippen molar-refractivity contribution in [2.24, 2.45) is 0 Å². The van der Waals surface area contributed by atoms with Crippen molar-refractivity contribution in [1.82, 2.24) is 19.9 Å². The van der Waals surface area contributed by atoms with E-state index in [1.807, 2.05) is 36.6 Å². The molecule has 10 heteroatoms. The lowest BCUT2D eigenvalue weighted by molar-refractivity contribution is -0.274. The summed E-state index contributed by atoms with van der Waals surface area (Å²) < 4.78 is 43.2. The Morgan fingerprint density at radius 3 is 2.50 bits per heavy atom. The van der Waals surface area contributed by atoms with Crippen LogP contribution in [0.25, 0.3) is 11.2 Å². The van der Waals surface area contributed by atoms with Crippen molar-refractivity contribution in [1.29, 1.82) is 0 Å². The van der Waals surface area contributed by atoms with E-state index in [1.165, 1.54) is 12.1 Å². The van der Waals surface area contributed by atoms with Crippen LogP contribution in [0.2, 0.25) is 0 Å². The summed E-state index contributed by atoms with van der Waals surface area (Å²) >= 11 is 0. The van der Waals surface area contributed by atoms with Gasteiger partial charge in [-0.25, -0.2) is 9.97 Å². The second-order valence-corrected chi connectivity index (χ2v) is 8.62. The van der Waals surface area contributed by atoms with Gasteiger partial charge in [0, 0.05) is 24.7 Å². The molecule has 4 rings (SSSR count). The van der Waals surface area contributed by atoms with Gasteiger partial charge in [-0.3, -0.25) is 4.79 Å². The molecule has 7 nitrogen and oxygen atoms in total. The third kappa shape index (κ3) is 6.32. The number of anilines is 1. The largest absolute Gasteiger partial charge is 0.573 e. The Morgan fingerprint density at radius 1 is 1.14 bits per heavy atom. The van der Waals surface area contributed by atoms with E-state index in [9.17, 15) is 18.0 Å². The van der Waals surface area contributed by atoms with Gasteiger partial charge >= 0.3 is 6.36 Å². The van der Waals surface area contributed by atoms with Crippen LogP contribution < -0.4 is 15.8 Å². The topological polar surface area (TPSA) is 95.1 Å². The van der Waals surface area contributed by atoms with Crippen molar-refractivity contribution in [2.75, 3.05) is 5.73 Å². The number of nitrogens with one attached hydrogen (secondary N) is 1. The first-order chi connectivity index (χ1) is 17.1. The van der Waals surface area contributed by atoms with E-state index in [0.29, 0.717) is 35.6 Å². The Labute approximate surface area is 206 Å². The standard InChI is InChI=1S/C26H26F3N5O2/c1-16-13-22-25(31-14-16)34(15-18-3-9-21(10-4-18)36-26(27,28)29)23(33-22)11-12-24(35)32-17(2)19-5-7-20(30)8-6-19/h3-10,13-14,17H,11-12,15,30H2,1-2H3,(H,32,35). The minimum absolute atomic E-state index is 0.129. The van der Waals surface area contributed by atoms with Crippen LogP contribution in [0.5, 0.6) is 5.75 Å². The highest BCUT2D eigenvalue weighted by Crippen LogP contribution is 2.24. The Balaban J connectivity index is 1.49. The molecule has 188 valence electrons. The fraction of sp³-hybridized carbons (Fsp3) is 0.269. The third-order valence-electron chi connectivity index (χ3n) is 5.69. The monoisotopic (exact) mass is 497 g/mol. The molecule has 0 aliphatic rings. The van der Waals surface area contributed by atoms with Gasteiger partial charge in [0.15, 0.2) is 5.65 Å². The number of aryl methyl sites for hydroxylation is 2. The molecule has 0 fully saturated rings. The van der Waals surface area contributed by atoms with Gasteiger partial charge in [0.05, 0.1) is 12.6 Å². The Morgan fingerprint density at radius 2 is 1.83 bits per heavy atom. The number of imidazole rings is 1. The zero-order valence-electron chi connectivity index (χ0n) is 19.8. The van der Waals surface area contributed by atoms with E-state index in [1.54, 1.807) is 30.5 Å². The number of benzene rings is 2. The van der Waals surface area contributed by atoms with E-state index >= 15 is 0 Å². The quantitative estimate of drug-likeness (QED) is 0.331. The smallest absolute Gasteiger partial charge is 0.406 e. The lowest BCUT2D eigenvalue weighted by Gasteiger charge is -2.15. The number of fused-ring (bicyclic) bond motifs is 1. The number of ether oxygens (including phenoxy) is 1. The molecule has 0 saturated carbocycles. The first-order valence-corrected chi connectivity index (χ1v) is 11.4. The van der Waals surface area contributed by atoms with Crippen molar-refractivity contribution < 1.29 is 22.7 Å². The van der Waals surface area contributed by atoms with Gasteiger partial charge in [0.1, 0.15) is 17.1 Å². The molecule has 2 heterocycles. The van der Waals surface area contributed by atoms with E-state index in [2.05, 4.69) is 20.0 Å². The van der Waals surface area contributed by atoms with Gasteiger partial charge in [0.25, 0.3) is 0 Å². The molecule has 0 saturated heterocycles. The van der Waals surface area contributed by atoms with Crippen LogP contribution in [0.3, 0.4) is 0 Å². The lowest BCUT2D eigenvalue weighted by atomic mass is 10.1. The first kappa shape index (κ1) is 25.0. The molecule has 2 aromatic heterocycles. The summed E-state index contributed by atoms with van der Waals surface area (Å²) in [5.41, 5.74) is 10.4. The minimum Gasteiger partial charge on any atom is -0.406 e. The molecule has 2 aromatic carbocycles. The Kier molecular flexibility index (Phi) is 7.14. The molecule has 1 atom stereocenters. The summed E-state index contributed by atoms with van der Waals surface area (Å²) in [6.07, 6.45) is -2.44. The van der Waals surface area contributed by atoms with Crippen LogP contribution >= 0.6 is 0 Å². The minimum atomic E-state index is -4.75. The normalized spacial score (nSPS) is 12.5. The zero-order chi connectivity index (χ0) is 25.9. The number of carbonyl (C=O) groups excluding carboxylic acids is 1. The maximum atomic E-state index is 12.7. The van der Waals surface area contributed by atoms with Crippen LogP contribution in [0.4, 0.5) is 18.9 Å². The second kappa shape index (κ2) is 10.3. The molecular weight excluding hydrogens is 471 g/mol. The van der Waals surface area contributed by atoms with Crippen LogP contribution in [0, 0.1) is 6.92 Å². The van der Waals surface area contributed by atoms with Crippen molar-refractivity contribution in [2.45, 2.75) is 45.6 Å². The number of alkyl halides is 3. The fourth-order valence-electron chi connectivity index (χ4n) is 3.90. The van der Waals surface area contributed by atoms with Gasteiger partial charge in [-0.05, 0) is 60.9 Å². The number of nitrogen functional groups attached to an aromatic ring is 1. The number of halogens is 3. The van der Waals surface area contributed by atoms with Gasteiger partial charge in [-0.2, -0.15) is 0 Å². The number of hydrogen-bond donors (Lipinski definition) is 2. The number of pyridine rings is 1. The van der Waals surface area contributed by atoms with Crippen molar-refractivity contribution >= 4 is 22.8 Å². The van der Waals surface area contributed by atoms with Crippen molar-refractivity contribution in [3.05, 3.63) is 83.3 Å². The number of nitrogens with zero attached hydrogens (tertiary/aromatic N) is 3. The van der Waals surface area contributed by atoms with Gasteiger partial charge in [-0.15, -0.1) is 13.2 Å². The van der Waals surface area contributed by atoms with Crippen molar-refractivity contribution in [3.63, 3.8) is 0 Å². The summed E-state index contributed by atoms with van der Waals surface area (Å²) in [6, 6.07) is 14.7. The number of hydrogen-bond acceptors (Lipinski definition) is 5. The average Bonchev–Trinajstić information content (AvgIpc) is 3.14. The Hall–Kier alpha value is -4.08. The highest BCUT2D eigenvalue weighted by Gasteiger charge is 2.31. The summed E-state index contributed by atoms with van der Waals surface area (Å²) in [6.45, 7) is 4.14. The molecule has 0 bridgehead atoms. The second-order valence-electron chi connectivity index (χ2n) is 8.62. The number of carbonyl (C=O) groups is 1. The van der Waals surface area contributed by atoms with Gasteiger partial charge in [0.2, 0.25) is 5.91 Å². The molecule has 1 unspecified atom stereocenters. The summed E-state index contributed by atoms with van der Waals surface area (Å²) in [5.74, 6) is 0.243. The third-order valence-corrected chi connectivity index (χ3v) is 5.69. The maximum absolute atomic E-state index is 12.7. The lowest BCUT2D eigenvalue weighted by Crippen LogP contribution is -2.27. The number of nitrogens with two attached hydrogens (primary N) is 1. The molecule has 1 amide bonds. The highest BCUT2D eigenvalue weighted by molar-refractivity contribution is 5.77. The number of aromatic nitrogens is 3. The summed E-state index contributed by atoms with van der Waals surface area (Å²) in [4.78, 5) is 21.9. The maximum Gasteiger partial charge on any atom is 0.573 e. The molecule has 3 N–H and O–H groups in total. The number of amides is 1.